The van der Waals surface area contributed by atoms with Crippen molar-refractivity contribution in [1.82, 2.24) is 25.1 Å². The van der Waals surface area contributed by atoms with E-state index in [4.69, 9.17) is 4.52 Å². The quantitative estimate of drug-likeness (QED) is 0.721. The van der Waals surface area contributed by atoms with E-state index in [-0.39, 0.29) is 11.6 Å². The molecular formula is C11H7N5O2. The molecule has 0 spiro atoms. The molecule has 0 aliphatic heterocycles. The van der Waals surface area contributed by atoms with Crippen LogP contribution in [0.15, 0.2) is 41.6 Å². The molecule has 0 fully saturated rings. The molecule has 0 radical (unpaired) electrons. The molecule has 0 saturated carbocycles. The van der Waals surface area contributed by atoms with Crippen molar-refractivity contribution in [3.8, 4) is 28.7 Å². The second-order valence-electron chi connectivity index (χ2n) is 3.41. The van der Waals surface area contributed by atoms with Crippen LogP contribution in [0.1, 0.15) is 0 Å². The fourth-order valence-electron chi connectivity index (χ4n) is 1.43. The number of hydrogen-bond acceptors (Lipinski definition) is 7. The van der Waals surface area contributed by atoms with Crippen LogP contribution in [0.25, 0.3) is 23.0 Å². The van der Waals surface area contributed by atoms with Gasteiger partial charge >= 0.3 is 0 Å². The van der Waals surface area contributed by atoms with Crippen LogP contribution in [0.5, 0.6) is 5.75 Å². The predicted octanol–water partition coefficient (Wildman–Crippen LogP) is 1.29. The number of aromatic nitrogens is 5. The van der Waals surface area contributed by atoms with Crippen molar-refractivity contribution in [2.75, 3.05) is 0 Å². The van der Waals surface area contributed by atoms with Gasteiger partial charge in [-0.25, -0.2) is 9.97 Å². The summed E-state index contributed by atoms with van der Waals surface area (Å²) in [5.41, 5.74) is 0.978. The zero-order valence-electron chi connectivity index (χ0n) is 9.06. The van der Waals surface area contributed by atoms with Gasteiger partial charge in [-0.1, -0.05) is 5.16 Å². The number of nitrogens with zero attached hydrogens (tertiary/aromatic N) is 5. The first-order valence-corrected chi connectivity index (χ1v) is 5.08. The Morgan fingerprint density at radius 3 is 2.78 bits per heavy atom. The maximum atomic E-state index is 9.63. The lowest BCUT2D eigenvalue weighted by molar-refractivity contribution is 0.425. The number of aromatic hydroxyl groups is 1. The van der Waals surface area contributed by atoms with Crippen molar-refractivity contribution in [3.05, 3.63) is 37.1 Å². The van der Waals surface area contributed by atoms with Gasteiger partial charge in [0.1, 0.15) is 17.8 Å². The Morgan fingerprint density at radius 2 is 2.00 bits per heavy atom. The third kappa shape index (κ3) is 1.77. The highest BCUT2D eigenvalue weighted by Crippen LogP contribution is 2.27. The number of pyridine rings is 1. The standard InChI is InChI=1S/C11H7N5O2/c17-9-5-12-3-1-7(9)11-15-10(16-18-11)8-2-4-13-6-14-8/h1-6,17H. The molecule has 7 heteroatoms. The zero-order valence-corrected chi connectivity index (χ0v) is 9.06. The molecule has 0 aliphatic carbocycles. The Labute approximate surface area is 101 Å². The van der Waals surface area contributed by atoms with Crippen LogP contribution in [-0.4, -0.2) is 30.2 Å². The molecule has 3 heterocycles. The molecule has 3 rings (SSSR count). The van der Waals surface area contributed by atoms with Crippen LogP contribution in [-0.2, 0) is 0 Å². The van der Waals surface area contributed by atoms with Crippen LogP contribution >= 0.6 is 0 Å². The van der Waals surface area contributed by atoms with Gasteiger partial charge < -0.3 is 9.63 Å². The Hall–Kier alpha value is -2.83. The van der Waals surface area contributed by atoms with Crippen LogP contribution in [0, 0.1) is 0 Å². The monoisotopic (exact) mass is 241 g/mol. The Balaban J connectivity index is 2.03. The topological polar surface area (TPSA) is 97.8 Å². The van der Waals surface area contributed by atoms with E-state index in [1.807, 2.05) is 0 Å². The molecular weight excluding hydrogens is 234 g/mol. The van der Waals surface area contributed by atoms with Gasteiger partial charge in [0.2, 0.25) is 5.82 Å². The minimum Gasteiger partial charge on any atom is -0.505 e. The highest BCUT2D eigenvalue weighted by Gasteiger charge is 2.14. The maximum absolute atomic E-state index is 9.63. The van der Waals surface area contributed by atoms with E-state index < -0.39 is 0 Å². The third-order valence-corrected chi connectivity index (χ3v) is 2.27. The molecule has 0 atom stereocenters. The molecule has 3 aromatic rings. The Kier molecular flexibility index (Phi) is 2.41. The van der Waals surface area contributed by atoms with Crippen LogP contribution in [0.3, 0.4) is 0 Å². The summed E-state index contributed by atoms with van der Waals surface area (Å²) in [5, 5.41) is 13.4. The minimum absolute atomic E-state index is 0.0182. The summed E-state index contributed by atoms with van der Waals surface area (Å²) in [7, 11) is 0. The molecule has 0 aliphatic rings. The summed E-state index contributed by atoms with van der Waals surface area (Å²) in [6, 6.07) is 3.26. The van der Waals surface area contributed by atoms with Gasteiger partial charge in [0.25, 0.3) is 5.89 Å². The summed E-state index contributed by atoms with van der Waals surface area (Å²) in [5.74, 6) is 0.530. The molecule has 1 N–H and O–H groups in total. The number of rotatable bonds is 2. The lowest BCUT2D eigenvalue weighted by Gasteiger charge is -1.95. The summed E-state index contributed by atoms with van der Waals surface area (Å²) >= 11 is 0. The second-order valence-corrected chi connectivity index (χ2v) is 3.41. The highest BCUT2D eigenvalue weighted by atomic mass is 16.5. The molecule has 0 unspecified atom stereocenters. The van der Waals surface area contributed by atoms with Crippen LogP contribution < -0.4 is 0 Å². The first kappa shape index (κ1) is 10.3. The lowest BCUT2D eigenvalue weighted by atomic mass is 10.2. The number of hydrogen-bond donors (Lipinski definition) is 1. The SMILES string of the molecule is Oc1cnccc1-c1nc(-c2ccncn2)no1. The van der Waals surface area contributed by atoms with E-state index >= 15 is 0 Å². The van der Waals surface area contributed by atoms with E-state index in [0.29, 0.717) is 17.1 Å². The summed E-state index contributed by atoms with van der Waals surface area (Å²) < 4.78 is 5.08. The lowest BCUT2D eigenvalue weighted by Crippen LogP contribution is -1.86. The van der Waals surface area contributed by atoms with Crippen LogP contribution in [0.2, 0.25) is 0 Å². The fourth-order valence-corrected chi connectivity index (χ4v) is 1.43. The van der Waals surface area contributed by atoms with Gasteiger partial charge in [-0.05, 0) is 12.1 Å². The summed E-state index contributed by atoms with van der Waals surface area (Å²) in [4.78, 5) is 15.7. The van der Waals surface area contributed by atoms with Crippen molar-refractivity contribution in [1.29, 1.82) is 0 Å². The normalized spacial score (nSPS) is 10.4. The first-order valence-electron chi connectivity index (χ1n) is 5.08. The molecule has 3 aromatic heterocycles. The smallest absolute Gasteiger partial charge is 0.262 e. The van der Waals surface area contributed by atoms with Gasteiger partial charge in [-0.15, -0.1) is 0 Å². The van der Waals surface area contributed by atoms with E-state index in [1.165, 1.54) is 18.7 Å². The highest BCUT2D eigenvalue weighted by molar-refractivity contribution is 5.62. The van der Waals surface area contributed by atoms with Crippen molar-refractivity contribution < 1.29 is 9.63 Å². The van der Waals surface area contributed by atoms with Gasteiger partial charge in [0.15, 0.2) is 0 Å². The van der Waals surface area contributed by atoms with E-state index in [2.05, 4.69) is 25.1 Å². The van der Waals surface area contributed by atoms with Gasteiger partial charge in [-0.3, -0.25) is 4.98 Å². The van der Waals surface area contributed by atoms with Gasteiger partial charge in [-0.2, -0.15) is 4.98 Å². The fraction of sp³-hybridized carbons (Fsp3) is 0. The molecule has 18 heavy (non-hydrogen) atoms. The van der Waals surface area contributed by atoms with Crippen molar-refractivity contribution in [3.63, 3.8) is 0 Å². The maximum Gasteiger partial charge on any atom is 0.262 e. The second kappa shape index (κ2) is 4.21. The average molecular weight is 241 g/mol. The van der Waals surface area contributed by atoms with Gasteiger partial charge in [0, 0.05) is 12.4 Å². The molecule has 0 aromatic carbocycles. The van der Waals surface area contributed by atoms with E-state index in [1.54, 1.807) is 18.3 Å². The Bertz CT molecular complexity index is 668. The third-order valence-electron chi connectivity index (χ3n) is 2.27. The summed E-state index contributed by atoms with van der Waals surface area (Å²) in [6.07, 6.45) is 5.82. The zero-order chi connectivity index (χ0) is 12.4. The summed E-state index contributed by atoms with van der Waals surface area (Å²) in [6.45, 7) is 0. The van der Waals surface area contributed by atoms with Crippen LogP contribution in [0.4, 0.5) is 0 Å². The Morgan fingerprint density at radius 1 is 1.11 bits per heavy atom. The van der Waals surface area contributed by atoms with E-state index in [9.17, 15) is 5.11 Å². The minimum atomic E-state index is -0.0182. The molecule has 7 nitrogen and oxygen atoms in total. The van der Waals surface area contributed by atoms with Crippen molar-refractivity contribution in [2.45, 2.75) is 0 Å². The molecule has 0 bridgehead atoms. The largest absolute Gasteiger partial charge is 0.505 e. The molecule has 88 valence electrons. The van der Waals surface area contributed by atoms with Crippen molar-refractivity contribution >= 4 is 0 Å². The molecule has 0 amide bonds. The van der Waals surface area contributed by atoms with Gasteiger partial charge in [0.05, 0.1) is 11.8 Å². The average Bonchev–Trinajstić information content (AvgIpc) is 2.90. The first-order chi connectivity index (χ1) is 8.84. The van der Waals surface area contributed by atoms with Crippen molar-refractivity contribution in [2.24, 2.45) is 0 Å². The van der Waals surface area contributed by atoms with E-state index in [0.717, 1.165) is 0 Å². The predicted molar refractivity (Wildman–Crippen MR) is 60.2 cm³/mol. The molecule has 0 saturated heterocycles.